The van der Waals surface area contributed by atoms with Crippen LogP contribution in [0.15, 0.2) is 17.0 Å². The first kappa shape index (κ1) is 10.3. The maximum absolute atomic E-state index is 12.4. The number of benzene rings is 1. The molecule has 0 aliphatic rings. The smallest absolute Gasteiger partial charge is 0.335 e. The number of aromatic hydroxyl groups is 1. The largest absolute Gasteiger partial charge is 0.506 e. The van der Waals surface area contributed by atoms with Crippen molar-refractivity contribution >= 4 is 21.8 Å². The summed E-state index contributed by atoms with van der Waals surface area (Å²) in [4.78, 5) is -0.803. The summed E-state index contributed by atoms with van der Waals surface area (Å²) in [5.74, 6) is -0.635. The Morgan fingerprint density at radius 2 is 2.00 bits per heavy atom. The highest BCUT2D eigenvalue weighted by atomic mass is 35.5. The molecule has 0 radical (unpaired) electrons. The van der Waals surface area contributed by atoms with Crippen molar-refractivity contribution in [1.82, 2.24) is 0 Å². The Bertz CT molecular complexity index is 441. The molecule has 0 spiro atoms. The van der Waals surface area contributed by atoms with Crippen LogP contribution in [0.5, 0.6) is 5.75 Å². The molecule has 0 bridgehead atoms. The molecule has 0 aliphatic carbocycles. The van der Waals surface area contributed by atoms with Crippen LogP contribution in [0.2, 0.25) is 5.02 Å². The van der Waals surface area contributed by atoms with E-state index in [-0.39, 0.29) is 5.02 Å². The lowest BCUT2D eigenvalue weighted by molar-refractivity contribution is 0.455. The Morgan fingerprint density at radius 1 is 1.46 bits per heavy atom. The van der Waals surface area contributed by atoms with E-state index >= 15 is 0 Å². The number of phenols is 1. The summed E-state index contributed by atoms with van der Waals surface area (Å²) < 4.78 is 33.3. The highest BCUT2D eigenvalue weighted by molar-refractivity contribution is 7.86. The predicted octanol–water partition coefficient (Wildman–Crippen LogP) is 2.01. The highest BCUT2D eigenvalue weighted by Crippen LogP contribution is 2.30. The van der Waals surface area contributed by atoms with Crippen molar-refractivity contribution in [2.45, 2.75) is 11.8 Å². The summed E-state index contributed by atoms with van der Waals surface area (Å²) in [5.41, 5.74) is 0.478. The molecule has 1 rings (SSSR count). The Kier molecular flexibility index (Phi) is 2.49. The molecule has 0 saturated heterocycles. The van der Waals surface area contributed by atoms with Crippen LogP contribution in [0, 0.1) is 6.92 Å². The highest BCUT2D eigenvalue weighted by Gasteiger charge is 2.18. The molecule has 1 N–H and O–H groups in total. The van der Waals surface area contributed by atoms with E-state index in [0.717, 1.165) is 12.1 Å². The summed E-state index contributed by atoms with van der Waals surface area (Å²) >= 11 is 5.55. The Hall–Kier alpha value is -0.810. The van der Waals surface area contributed by atoms with Crippen LogP contribution in [-0.2, 0) is 10.2 Å². The molecule has 72 valence electrons. The zero-order valence-corrected chi connectivity index (χ0v) is 8.16. The maximum Gasteiger partial charge on any atom is 0.335 e. The van der Waals surface area contributed by atoms with Crippen molar-refractivity contribution in [2.75, 3.05) is 0 Å². The molecule has 13 heavy (non-hydrogen) atoms. The SMILES string of the molecule is Cc1cc(O)c(S(=O)(=O)F)cc1Cl. The van der Waals surface area contributed by atoms with Crippen molar-refractivity contribution < 1.29 is 17.4 Å². The standard InChI is InChI=1S/C7H6ClFO3S/c1-4-2-6(10)7(3-5(4)8)13(9,11)12/h2-3,10H,1H3. The molecule has 1 aromatic carbocycles. The molecule has 0 saturated carbocycles. The first-order valence-electron chi connectivity index (χ1n) is 3.26. The van der Waals surface area contributed by atoms with E-state index < -0.39 is 20.9 Å². The third kappa shape index (κ3) is 2.10. The van der Waals surface area contributed by atoms with Gasteiger partial charge in [0.1, 0.15) is 10.6 Å². The van der Waals surface area contributed by atoms with E-state index in [0.29, 0.717) is 5.56 Å². The van der Waals surface area contributed by atoms with Crippen molar-refractivity contribution in [1.29, 1.82) is 0 Å². The third-order valence-corrected chi connectivity index (χ3v) is 2.76. The van der Waals surface area contributed by atoms with Crippen molar-refractivity contribution in [3.8, 4) is 5.75 Å². The molecule has 3 nitrogen and oxygen atoms in total. The minimum Gasteiger partial charge on any atom is -0.506 e. The van der Waals surface area contributed by atoms with Gasteiger partial charge < -0.3 is 5.11 Å². The topological polar surface area (TPSA) is 54.4 Å². The van der Waals surface area contributed by atoms with Crippen LogP contribution in [0.4, 0.5) is 3.89 Å². The van der Waals surface area contributed by atoms with Crippen LogP contribution in [0.25, 0.3) is 0 Å². The van der Waals surface area contributed by atoms with Crippen LogP contribution in [-0.4, -0.2) is 13.5 Å². The summed E-state index contributed by atoms with van der Waals surface area (Å²) in [7, 11) is -4.91. The second-order valence-electron chi connectivity index (χ2n) is 2.51. The zero-order chi connectivity index (χ0) is 10.2. The van der Waals surface area contributed by atoms with Gasteiger partial charge in [-0.15, -0.1) is 3.89 Å². The van der Waals surface area contributed by atoms with Gasteiger partial charge in [0.15, 0.2) is 0 Å². The Labute approximate surface area is 80.0 Å². The average Bonchev–Trinajstić information content (AvgIpc) is 1.94. The van der Waals surface area contributed by atoms with Gasteiger partial charge in [0.05, 0.1) is 0 Å². The van der Waals surface area contributed by atoms with Gasteiger partial charge in [-0.05, 0) is 24.6 Å². The van der Waals surface area contributed by atoms with Gasteiger partial charge in [0.25, 0.3) is 0 Å². The fourth-order valence-corrected chi connectivity index (χ4v) is 1.64. The summed E-state index contributed by atoms with van der Waals surface area (Å²) in [6, 6.07) is 1.97. The van der Waals surface area contributed by atoms with Crippen molar-refractivity contribution in [3.05, 3.63) is 22.7 Å². The molecule has 6 heteroatoms. The van der Waals surface area contributed by atoms with Crippen molar-refractivity contribution in [2.24, 2.45) is 0 Å². The first-order chi connectivity index (χ1) is 5.82. The molecule has 0 aromatic heterocycles. The minimum atomic E-state index is -4.91. The molecule has 1 aromatic rings. The average molecular weight is 225 g/mol. The fraction of sp³-hybridized carbons (Fsp3) is 0.143. The summed E-state index contributed by atoms with van der Waals surface area (Å²) in [6.07, 6.45) is 0. The van der Waals surface area contributed by atoms with Gasteiger partial charge in [-0.25, -0.2) is 0 Å². The van der Waals surface area contributed by atoms with Gasteiger partial charge in [0, 0.05) is 5.02 Å². The van der Waals surface area contributed by atoms with Crippen LogP contribution < -0.4 is 0 Å². The molecule has 0 fully saturated rings. The molecular weight excluding hydrogens is 219 g/mol. The number of halogens is 2. The summed E-state index contributed by atoms with van der Waals surface area (Å²) in [5, 5.41) is 9.17. The van der Waals surface area contributed by atoms with Crippen LogP contribution in [0.3, 0.4) is 0 Å². The third-order valence-electron chi connectivity index (χ3n) is 1.50. The lowest BCUT2D eigenvalue weighted by atomic mass is 10.2. The number of phenolic OH excluding ortho intramolecular Hbond substituents is 1. The number of hydrogen-bond acceptors (Lipinski definition) is 3. The number of hydrogen-bond donors (Lipinski definition) is 1. The fourth-order valence-electron chi connectivity index (χ4n) is 0.843. The monoisotopic (exact) mass is 224 g/mol. The van der Waals surface area contributed by atoms with E-state index in [1.165, 1.54) is 0 Å². The van der Waals surface area contributed by atoms with E-state index in [1.807, 2.05) is 0 Å². The van der Waals surface area contributed by atoms with E-state index in [2.05, 4.69) is 0 Å². The number of rotatable bonds is 1. The van der Waals surface area contributed by atoms with Crippen LogP contribution in [0.1, 0.15) is 5.56 Å². The van der Waals surface area contributed by atoms with Crippen LogP contribution >= 0.6 is 11.6 Å². The first-order valence-corrected chi connectivity index (χ1v) is 5.02. The minimum absolute atomic E-state index is 0.0917. The molecule has 0 unspecified atom stereocenters. The zero-order valence-electron chi connectivity index (χ0n) is 6.58. The lowest BCUT2D eigenvalue weighted by Crippen LogP contribution is -1.93. The molecule has 0 atom stereocenters. The quantitative estimate of drug-likeness (QED) is 0.743. The second kappa shape index (κ2) is 3.16. The Balaban J connectivity index is 3.50. The van der Waals surface area contributed by atoms with Gasteiger partial charge >= 0.3 is 10.2 Å². The van der Waals surface area contributed by atoms with E-state index in [9.17, 15) is 12.3 Å². The second-order valence-corrected chi connectivity index (χ2v) is 4.23. The molecule has 0 aliphatic heterocycles. The molecular formula is C7H6ClFO3S. The van der Waals surface area contributed by atoms with Crippen molar-refractivity contribution in [3.63, 3.8) is 0 Å². The van der Waals surface area contributed by atoms with E-state index in [4.69, 9.17) is 16.7 Å². The normalized spacial score (nSPS) is 11.6. The number of aryl methyl sites for hydroxylation is 1. The van der Waals surface area contributed by atoms with E-state index in [1.54, 1.807) is 6.92 Å². The maximum atomic E-state index is 12.4. The molecule has 0 heterocycles. The molecule has 0 amide bonds. The van der Waals surface area contributed by atoms with Gasteiger partial charge in [-0.2, -0.15) is 8.42 Å². The summed E-state index contributed by atoms with van der Waals surface area (Å²) in [6.45, 7) is 1.57. The van der Waals surface area contributed by atoms with Gasteiger partial charge in [-0.1, -0.05) is 11.6 Å². The lowest BCUT2D eigenvalue weighted by Gasteiger charge is -2.02. The Morgan fingerprint density at radius 3 is 2.46 bits per heavy atom. The van der Waals surface area contributed by atoms with Gasteiger partial charge in [-0.3, -0.25) is 0 Å². The predicted molar refractivity (Wildman–Crippen MR) is 46.1 cm³/mol. The van der Waals surface area contributed by atoms with Gasteiger partial charge in [0.2, 0.25) is 0 Å².